The lowest BCUT2D eigenvalue weighted by molar-refractivity contribution is 0.208. The molecule has 0 spiro atoms. The second kappa shape index (κ2) is 7.95. The van der Waals surface area contributed by atoms with Crippen LogP contribution in [-0.4, -0.2) is 41.3 Å². The van der Waals surface area contributed by atoms with Gasteiger partial charge in [0.25, 0.3) is 0 Å². The fraction of sp³-hybridized carbons (Fsp3) is 0.778. The van der Waals surface area contributed by atoms with Gasteiger partial charge in [0.15, 0.2) is 0 Å². The van der Waals surface area contributed by atoms with Crippen LogP contribution in [0.25, 0.3) is 0 Å². The summed E-state index contributed by atoms with van der Waals surface area (Å²) in [5, 5.41) is 12.9. The van der Waals surface area contributed by atoms with Crippen molar-refractivity contribution in [3.05, 3.63) is 12.4 Å². The average molecular weight is 318 g/mol. The van der Waals surface area contributed by atoms with E-state index in [0.29, 0.717) is 5.92 Å². The topological polar surface area (TPSA) is 61.3 Å². The van der Waals surface area contributed by atoms with Crippen molar-refractivity contribution in [1.29, 1.82) is 0 Å². The first-order valence-corrected chi connectivity index (χ1v) is 9.16. The number of aromatic nitrogens is 2. The van der Waals surface area contributed by atoms with Crippen LogP contribution in [0.3, 0.4) is 0 Å². The van der Waals surface area contributed by atoms with Gasteiger partial charge in [-0.25, -0.2) is 9.97 Å². The fourth-order valence-electron chi connectivity index (χ4n) is 4.03. The van der Waals surface area contributed by atoms with Crippen LogP contribution in [0, 0.1) is 17.8 Å². The lowest BCUT2D eigenvalue weighted by atomic mass is 9.82. The summed E-state index contributed by atoms with van der Waals surface area (Å²) >= 11 is 0. The molecule has 1 aliphatic heterocycles. The zero-order valence-corrected chi connectivity index (χ0v) is 14.2. The van der Waals surface area contributed by atoms with Gasteiger partial charge in [0.05, 0.1) is 0 Å². The Morgan fingerprint density at radius 2 is 2.09 bits per heavy atom. The Morgan fingerprint density at radius 3 is 2.91 bits per heavy atom. The highest BCUT2D eigenvalue weighted by Crippen LogP contribution is 2.29. The fourth-order valence-corrected chi connectivity index (χ4v) is 4.03. The summed E-state index contributed by atoms with van der Waals surface area (Å²) in [6.07, 6.45) is 9.30. The van der Waals surface area contributed by atoms with Gasteiger partial charge in [0.2, 0.25) is 0 Å². The summed E-state index contributed by atoms with van der Waals surface area (Å²) in [5.41, 5.74) is 0. The molecule has 23 heavy (non-hydrogen) atoms. The Kier molecular flexibility index (Phi) is 5.70. The van der Waals surface area contributed by atoms with E-state index in [1.807, 2.05) is 0 Å². The Balaban J connectivity index is 1.56. The normalized spacial score (nSPS) is 28.6. The van der Waals surface area contributed by atoms with Crippen molar-refractivity contribution in [3.8, 4) is 0 Å². The molecular weight excluding hydrogens is 288 g/mol. The smallest absolute Gasteiger partial charge is 0.134 e. The predicted octanol–water partition coefficient (Wildman–Crippen LogP) is 2.92. The van der Waals surface area contributed by atoms with E-state index in [0.717, 1.165) is 55.9 Å². The summed E-state index contributed by atoms with van der Waals surface area (Å²) in [4.78, 5) is 11.1. The minimum atomic E-state index is 0.270. The van der Waals surface area contributed by atoms with Gasteiger partial charge in [0.1, 0.15) is 18.0 Å². The minimum absolute atomic E-state index is 0.270. The first-order chi connectivity index (χ1) is 11.2. The van der Waals surface area contributed by atoms with E-state index < -0.39 is 0 Å². The highest BCUT2D eigenvalue weighted by molar-refractivity contribution is 5.48. The van der Waals surface area contributed by atoms with E-state index in [1.165, 1.54) is 25.7 Å². The van der Waals surface area contributed by atoms with Crippen molar-refractivity contribution in [2.45, 2.75) is 45.4 Å². The highest BCUT2D eigenvalue weighted by atomic mass is 16.3. The first kappa shape index (κ1) is 16.5. The van der Waals surface area contributed by atoms with Crippen molar-refractivity contribution in [2.75, 3.05) is 36.5 Å². The highest BCUT2D eigenvalue weighted by Gasteiger charge is 2.21. The summed E-state index contributed by atoms with van der Waals surface area (Å²) in [7, 11) is 0. The average Bonchev–Trinajstić information content (AvgIpc) is 2.60. The third kappa shape index (κ3) is 4.56. The van der Waals surface area contributed by atoms with E-state index in [4.69, 9.17) is 0 Å². The minimum Gasteiger partial charge on any atom is -0.396 e. The lowest BCUT2D eigenvalue weighted by Gasteiger charge is -2.32. The molecule has 2 fully saturated rings. The van der Waals surface area contributed by atoms with Gasteiger partial charge in [-0.3, -0.25) is 0 Å². The number of aliphatic hydroxyl groups is 1. The van der Waals surface area contributed by atoms with Gasteiger partial charge in [-0.05, 0) is 43.4 Å². The molecule has 5 heteroatoms. The summed E-state index contributed by atoms with van der Waals surface area (Å²) < 4.78 is 0. The van der Waals surface area contributed by atoms with E-state index in [-0.39, 0.29) is 6.61 Å². The number of anilines is 2. The Morgan fingerprint density at radius 1 is 1.22 bits per heavy atom. The second-order valence-electron chi connectivity index (χ2n) is 7.42. The molecule has 0 aromatic carbocycles. The van der Waals surface area contributed by atoms with Crippen LogP contribution in [0.1, 0.15) is 45.4 Å². The van der Waals surface area contributed by atoms with Crippen LogP contribution in [0.5, 0.6) is 0 Å². The summed E-state index contributed by atoms with van der Waals surface area (Å²) in [5.74, 6) is 3.92. The molecule has 1 saturated heterocycles. The summed E-state index contributed by atoms with van der Waals surface area (Å²) in [6.45, 7) is 5.57. The zero-order chi connectivity index (χ0) is 16.1. The molecular formula is C18H30N4O. The van der Waals surface area contributed by atoms with Crippen LogP contribution < -0.4 is 10.2 Å². The molecule has 3 unspecified atom stereocenters. The molecule has 2 aliphatic rings. The van der Waals surface area contributed by atoms with Crippen molar-refractivity contribution in [2.24, 2.45) is 17.8 Å². The van der Waals surface area contributed by atoms with Crippen LogP contribution >= 0.6 is 0 Å². The third-order valence-corrected chi connectivity index (χ3v) is 5.37. The number of hydrogen-bond donors (Lipinski definition) is 2. The van der Waals surface area contributed by atoms with Gasteiger partial charge in [-0.15, -0.1) is 0 Å². The van der Waals surface area contributed by atoms with Crippen LogP contribution in [0.4, 0.5) is 11.6 Å². The molecule has 0 bridgehead atoms. The Bertz CT molecular complexity index is 496. The van der Waals surface area contributed by atoms with Gasteiger partial charge < -0.3 is 15.3 Å². The molecule has 1 aromatic rings. The molecule has 0 amide bonds. The van der Waals surface area contributed by atoms with Crippen LogP contribution in [0.15, 0.2) is 12.4 Å². The Labute approximate surface area is 139 Å². The molecule has 2 heterocycles. The molecule has 1 aliphatic carbocycles. The number of hydrogen-bond acceptors (Lipinski definition) is 5. The number of aliphatic hydroxyl groups excluding tert-OH is 1. The number of nitrogens with one attached hydrogen (secondary N) is 1. The predicted molar refractivity (Wildman–Crippen MR) is 93.7 cm³/mol. The van der Waals surface area contributed by atoms with Crippen LogP contribution in [0.2, 0.25) is 0 Å². The molecule has 5 nitrogen and oxygen atoms in total. The van der Waals surface area contributed by atoms with E-state index in [9.17, 15) is 5.11 Å². The standard InChI is InChI=1S/C18H30N4O/c1-14-4-2-5-15(8-14)10-19-17-9-18(21-13-20-17)22-7-3-6-16(11-22)12-23/h9,13-16,23H,2-8,10-12H2,1H3,(H,19,20,21). The maximum Gasteiger partial charge on any atom is 0.134 e. The maximum atomic E-state index is 9.39. The maximum absolute atomic E-state index is 9.39. The summed E-state index contributed by atoms with van der Waals surface area (Å²) in [6, 6.07) is 2.06. The zero-order valence-electron chi connectivity index (χ0n) is 14.2. The quantitative estimate of drug-likeness (QED) is 0.874. The van der Waals surface area contributed by atoms with Crippen molar-refractivity contribution in [3.63, 3.8) is 0 Å². The third-order valence-electron chi connectivity index (χ3n) is 5.37. The SMILES string of the molecule is CC1CCCC(CNc2cc(N3CCCC(CO)C3)ncn2)C1. The van der Waals surface area contributed by atoms with Gasteiger partial charge >= 0.3 is 0 Å². The molecule has 1 saturated carbocycles. The van der Waals surface area contributed by atoms with Gasteiger partial charge in [0, 0.05) is 32.3 Å². The van der Waals surface area contributed by atoms with E-state index in [2.05, 4.69) is 33.2 Å². The van der Waals surface area contributed by atoms with Gasteiger partial charge in [-0.2, -0.15) is 0 Å². The van der Waals surface area contributed by atoms with Gasteiger partial charge in [-0.1, -0.05) is 19.8 Å². The van der Waals surface area contributed by atoms with Crippen molar-refractivity contribution >= 4 is 11.6 Å². The van der Waals surface area contributed by atoms with Crippen molar-refractivity contribution in [1.82, 2.24) is 9.97 Å². The van der Waals surface area contributed by atoms with Crippen molar-refractivity contribution < 1.29 is 5.11 Å². The van der Waals surface area contributed by atoms with Crippen LogP contribution in [-0.2, 0) is 0 Å². The Hall–Kier alpha value is -1.36. The largest absolute Gasteiger partial charge is 0.396 e. The molecule has 3 rings (SSSR count). The molecule has 3 atom stereocenters. The molecule has 2 N–H and O–H groups in total. The van der Waals surface area contributed by atoms with E-state index in [1.54, 1.807) is 6.33 Å². The number of piperidine rings is 1. The van der Waals surface area contributed by atoms with E-state index >= 15 is 0 Å². The number of rotatable bonds is 5. The molecule has 1 aromatic heterocycles. The molecule has 0 radical (unpaired) electrons. The first-order valence-electron chi connectivity index (χ1n) is 9.16. The number of nitrogens with zero attached hydrogens (tertiary/aromatic N) is 3. The monoisotopic (exact) mass is 318 g/mol. The second-order valence-corrected chi connectivity index (χ2v) is 7.42. The lowest BCUT2D eigenvalue weighted by Crippen LogP contribution is -2.37. The molecule has 128 valence electrons.